The zero-order chi connectivity index (χ0) is 17.9. The number of aliphatic hydroxyl groups is 1. The minimum atomic E-state index is -0.717. The first-order chi connectivity index (χ1) is 12.2. The minimum absolute atomic E-state index is 0.108. The average molecular weight is 345 g/mol. The lowest BCUT2D eigenvalue weighted by Gasteiger charge is -2.16. The van der Waals surface area contributed by atoms with E-state index in [2.05, 4.69) is 15.6 Å². The molecule has 2 aromatic carbocycles. The van der Waals surface area contributed by atoms with Gasteiger partial charge in [0.05, 0.1) is 6.54 Å². The molecule has 0 bridgehead atoms. The monoisotopic (exact) mass is 345 g/mol. The van der Waals surface area contributed by atoms with Crippen LogP contribution in [-0.4, -0.2) is 36.9 Å². The highest BCUT2D eigenvalue weighted by Gasteiger charge is 2.07. The summed E-state index contributed by atoms with van der Waals surface area (Å²) in [7, 11) is 0. The van der Waals surface area contributed by atoms with Gasteiger partial charge in [0.1, 0.15) is 24.3 Å². The Balaban J connectivity index is 1.78. The molecular formula is C19H24FN3O2. The summed E-state index contributed by atoms with van der Waals surface area (Å²) in [5.74, 6) is 0.830. The lowest BCUT2D eigenvalue weighted by atomic mass is 10.2. The molecule has 25 heavy (non-hydrogen) atoms. The third-order valence-electron chi connectivity index (χ3n) is 3.37. The van der Waals surface area contributed by atoms with Crippen LogP contribution in [-0.2, 0) is 6.54 Å². The average Bonchev–Trinajstić information content (AvgIpc) is 2.64. The van der Waals surface area contributed by atoms with E-state index in [0.717, 1.165) is 12.1 Å². The highest BCUT2D eigenvalue weighted by Crippen LogP contribution is 2.11. The maximum atomic E-state index is 12.8. The molecule has 0 amide bonds. The first kappa shape index (κ1) is 18.7. The molecule has 3 N–H and O–H groups in total. The highest BCUT2D eigenvalue weighted by atomic mass is 19.1. The van der Waals surface area contributed by atoms with Gasteiger partial charge in [0, 0.05) is 13.1 Å². The number of hydrogen-bond donors (Lipinski definition) is 3. The third kappa shape index (κ3) is 7.22. The topological polar surface area (TPSA) is 65.9 Å². The van der Waals surface area contributed by atoms with E-state index in [1.54, 1.807) is 0 Å². The molecule has 0 aliphatic rings. The second-order valence-electron chi connectivity index (χ2n) is 5.48. The summed E-state index contributed by atoms with van der Waals surface area (Å²) in [6.07, 6.45) is -0.717. The van der Waals surface area contributed by atoms with Gasteiger partial charge in [0.15, 0.2) is 5.96 Å². The van der Waals surface area contributed by atoms with Crippen LogP contribution >= 0.6 is 0 Å². The molecule has 0 fully saturated rings. The summed E-state index contributed by atoms with van der Waals surface area (Å²) in [5, 5.41) is 16.2. The van der Waals surface area contributed by atoms with Crippen LogP contribution in [0, 0.1) is 5.82 Å². The molecule has 0 aliphatic carbocycles. The molecule has 0 heterocycles. The third-order valence-corrected chi connectivity index (χ3v) is 3.37. The van der Waals surface area contributed by atoms with Gasteiger partial charge in [-0.2, -0.15) is 0 Å². The quantitative estimate of drug-likeness (QED) is 0.507. The number of aliphatic imine (C=N–C) groups is 1. The van der Waals surface area contributed by atoms with Crippen LogP contribution in [0.15, 0.2) is 59.6 Å². The van der Waals surface area contributed by atoms with Gasteiger partial charge in [-0.3, -0.25) is 0 Å². The maximum absolute atomic E-state index is 12.8. The van der Waals surface area contributed by atoms with Gasteiger partial charge in [-0.15, -0.1) is 0 Å². The fourth-order valence-electron chi connectivity index (χ4n) is 2.09. The van der Waals surface area contributed by atoms with Crippen molar-refractivity contribution < 1.29 is 14.2 Å². The molecule has 0 saturated carbocycles. The van der Waals surface area contributed by atoms with Crippen molar-refractivity contribution >= 4 is 5.96 Å². The number of nitrogens with one attached hydrogen (secondary N) is 2. The van der Waals surface area contributed by atoms with Crippen LogP contribution in [0.4, 0.5) is 4.39 Å². The molecule has 1 atom stereocenters. The fraction of sp³-hybridized carbons (Fsp3) is 0.316. The molecule has 6 heteroatoms. The lowest BCUT2D eigenvalue weighted by molar-refractivity contribution is 0.110. The van der Waals surface area contributed by atoms with Gasteiger partial charge >= 0.3 is 0 Å². The van der Waals surface area contributed by atoms with Crippen LogP contribution in [0.1, 0.15) is 12.5 Å². The number of aliphatic hydroxyl groups excluding tert-OH is 1. The molecule has 0 radical (unpaired) electrons. The van der Waals surface area contributed by atoms with E-state index in [0.29, 0.717) is 24.8 Å². The first-order valence-electron chi connectivity index (χ1n) is 8.30. The van der Waals surface area contributed by atoms with Crippen molar-refractivity contribution in [1.29, 1.82) is 0 Å². The normalized spacial score (nSPS) is 12.5. The summed E-state index contributed by atoms with van der Waals surface area (Å²) >= 11 is 0. The zero-order valence-corrected chi connectivity index (χ0v) is 14.3. The molecule has 0 spiro atoms. The van der Waals surface area contributed by atoms with Gasteiger partial charge in [0.25, 0.3) is 0 Å². The van der Waals surface area contributed by atoms with Crippen molar-refractivity contribution in [2.24, 2.45) is 4.99 Å². The predicted octanol–water partition coefficient (Wildman–Crippen LogP) is 2.32. The van der Waals surface area contributed by atoms with Crippen molar-refractivity contribution in [1.82, 2.24) is 10.6 Å². The smallest absolute Gasteiger partial charge is 0.191 e. The number of hydrogen-bond acceptors (Lipinski definition) is 3. The molecule has 0 saturated heterocycles. The number of rotatable bonds is 8. The Kier molecular flexibility index (Phi) is 7.72. The maximum Gasteiger partial charge on any atom is 0.191 e. The van der Waals surface area contributed by atoms with Crippen LogP contribution in [0.3, 0.4) is 0 Å². The Bertz CT molecular complexity index is 647. The summed E-state index contributed by atoms with van der Waals surface area (Å²) in [5.41, 5.74) is 1.11. The van der Waals surface area contributed by atoms with Gasteiger partial charge in [-0.05, 0) is 36.8 Å². The zero-order valence-electron chi connectivity index (χ0n) is 14.3. The van der Waals surface area contributed by atoms with E-state index < -0.39 is 6.10 Å². The second-order valence-corrected chi connectivity index (χ2v) is 5.48. The minimum Gasteiger partial charge on any atom is -0.491 e. The first-order valence-corrected chi connectivity index (χ1v) is 8.30. The number of halogens is 1. The second kappa shape index (κ2) is 10.3. The number of guanidine groups is 1. The van der Waals surface area contributed by atoms with Crippen molar-refractivity contribution in [2.75, 3.05) is 19.7 Å². The SMILES string of the molecule is CCNC(=NCc1ccccc1)NCC(O)COc1ccc(F)cc1. The lowest BCUT2D eigenvalue weighted by Crippen LogP contribution is -2.42. The van der Waals surface area contributed by atoms with E-state index in [9.17, 15) is 9.50 Å². The molecule has 0 aromatic heterocycles. The molecular weight excluding hydrogens is 321 g/mol. The summed E-state index contributed by atoms with van der Waals surface area (Å²) in [4.78, 5) is 4.48. The van der Waals surface area contributed by atoms with Crippen molar-refractivity contribution in [2.45, 2.75) is 19.6 Å². The number of ether oxygens (including phenoxy) is 1. The van der Waals surface area contributed by atoms with Crippen molar-refractivity contribution in [3.8, 4) is 5.75 Å². The van der Waals surface area contributed by atoms with Crippen LogP contribution in [0.25, 0.3) is 0 Å². The molecule has 2 rings (SSSR count). The van der Waals surface area contributed by atoms with Crippen molar-refractivity contribution in [3.63, 3.8) is 0 Å². The molecule has 2 aromatic rings. The van der Waals surface area contributed by atoms with Gasteiger partial charge < -0.3 is 20.5 Å². The summed E-state index contributed by atoms with van der Waals surface area (Å²) in [6, 6.07) is 15.6. The molecule has 1 unspecified atom stereocenters. The van der Waals surface area contributed by atoms with Gasteiger partial charge in [-0.1, -0.05) is 30.3 Å². The standard InChI is InChI=1S/C19H24FN3O2/c1-2-21-19(22-12-15-6-4-3-5-7-15)23-13-17(24)14-25-18-10-8-16(20)9-11-18/h3-11,17,24H,2,12-14H2,1H3,(H2,21,22,23). The van der Waals surface area contributed by atoms with E-state index in [1.807, 2.05) is 37.3 Å². The highest BCUT2D eigenvalue weighted by molar-refractivity contribution is 5.79. The number of benzene rings is 2. The van der Waals surface area contributed by atoms with E-state index in [1.165, 1.54) is 24.3 Å². The Morgan fingerprint density at radius 3 is 2.52 bits per heavy atom. The van der Waals surface area contributed by atoms with E-state index >= 15 is 0 Å². The largest absolute Gasteiger partial charge is 0.491 e. The molecule has 5 nitrogen and oxygen atoms in total. The van der Waals surface area contributed by atoms with Gasteiger partial charge in [0.2, 0.25) is 0 Å². The van der Waals surface area contributed by atoms with Crippen LogP contribution < -0.4 is 15.4 Å². The van der Waals surface area contributed by atoms with Gasteiger partial charge in [-0.25, -0.2) is 9.38 Å². The predicted molar refractivity (Wildman–Crippen MR) is 97.2 cm³/mol. The number of nitrogens with zero attached hydrogens (tertiary/aromatic N) is 1. The Morgan fingerprint density at radius 2 is 1.84 bits per heavy atom. The van der Waals surface area contributed by atoms with Crippen LogP contribution in [0.5, 0.6) is 5.75 Å². The van der Waals surface area contributed by atoms with Crippen molar-refractivity contribution in [3.05, 3.63) is 66.0 Å². The summed E-state index contributed by atoms with van der Waals surface area (Å²) in [6.45, 7) is 3.66. The van der Waals surface area contributed by atoms with Crippen LogP contribution in [0.2, 0.25) is 0 Å². The Labute approximate surface area is 147 Å². The van der Waals surface area contributed by atoms with E-state index in [4.69, 9.17) is 4.74 Å². The Morgan fingerprint density at radius 1 is 1.12 bits per heavy atom. The fourth-order valence-corrected chi connectivity index (χ4v) is 2.09. The Hall–Kier alpha value is -2.60. The molecule has 0 aliphatic heterocycles. The van der Waals surface area contributed by atoms with E-state index in [-0.39, 0.29) is 12.4 Å². The molecule has 134 valence electrons. The summed E-state index contributed by atoms with van der Waals surface area (Å²) < 4.78 is 18.3.